The van der Waals surface area contributed by atoms with Crippen LogP contribution in [0.4, 0.5) is 0 Å². The number of terminal acetylenes is 1. The molecular weight excluding hydrogens is 60.1 g/mol. The Bertz CT molecular complexity index is 54.9. The zero-order chi connectivity index (χ0) is 4.12. The second-order valence-electron chi connectivity index (χ2n) is 0.569. The second kappa shape index (κ2) is 3.17. The Morgan fingerprint density at radius 1 is 2.00 bits per heavy atom. The molecule has 0 aliphatic rings. The van der Waals surface area contributed by atoms with Crippen molar-refractivity contribution >= 4 is 0 Å². The van der Waals surface area contributed by atoms with Gasteiger partial charge in [0, 0.05) is 12.5 Å². The first-order valence-corrected chi connectivity index (χ1v) is 1.32. The van der Waals surface area contributed by atoms with E-state index in [0.717, 1.165) is 0 Å². The van der Waals surface area contributed by atoms with Crippen molar-refractivity contribution in [2.24, 2.45) is 0 Å². The predicted molar refractivity (Wildman–Crippen MR) is 23.3 cm³/mol. The minimum absolute atomic E-state index is 1.54. The quantitative estimate of drug-likeness (QED) is 0.316. The molecule has 0 bridgehead atoms. The minimum Gasteiger partial charge on any atom is -0.0122 e. The maximum Gasteiger partial charge on any atom is 0.0911 e. The topological polar surface area (TPSA) is 0 Å². The molecule has 0 rings (SSSR count). The fourth-order valence-corrected chi connectivity index (χ4v) is 0.0680. The van der Waals surface area contributed by atoms with Crippen LogP contribution < -0.4 is 0 Å². The zero-order valence-corrected chi connectivity index (χ0v) is 2.94. The molecule has 0 aromatic carbocycles. The summed E-state index contributed by atoms with van der Waals surface area (Å²) in [6.45, 7) is 3.35. The molecule has 0 radical (unpaired) electrons. The molecule has 0 amide bonds. The zero-order valence-electron chi connectivity index (χ0n) is 2.94. The first kappa shape index (κ1) is 4.17. The SMILES string of the molecule is C#C[CH+]C=C. The third-order valence-electron chi connectivity index (χ3n) is 0.214. The summed E-state index contributed by atoms with van der Waals surface area (Å²) in [4.78, 5) is 0. The second-order valence-corrected chi connectivity index (χ2v) is 0.569. The largest absolute Gasteiger partial charge is 0.0911 e. The Hall–Kier alpha value is -0.830. The molecule has 0 heterocycles. The maximum atomic E-state index is 4.76. The highest BCUT2D eigenvalue weighted by atomic mass is 13.6. The lowest BCUT2D eigenvalue weighted by molar-refractivity contribution is 1.91. The van der Waals surface area contributed by atoms with Gasteiger partial charge in [0.05, 0.1) is 12.3 Å². The van der Waals surface area contributed by atoms with Crippen LogP contribution >= 0.6 is 0 Å². The monoisotopic (exact) mass is 65.0 g/mol. The maximum absolute atomic E-state index is 4.76. The number of allylic oxidation sites excluding steroid dienone is 1. The van der Waals surface area contributed by atoms with Gasteiger partial charge in [0.15, 0.2) is 0 Å². The van der Waals surface area contributed by atoms with Crippen molar-refractivity contribution in [3.8, 4) is 12.3 Å². The van der Waals surface area contributed by atoms with Gasteiger partial charge in [0.1, 0.15) is 0 Å². The Morgan fingerprint density at radius 2 is 2.60 bits per heavy atom. The lowest BCUT2D eigenvalue weighted by atomic mass is 10.5. The van der Waals surface area contributed by atoms with E-state index in [9.17, 15) is 0 Å². The van der Waals surface area contributed by atoms with Gasteiger partial charge in [-0.1, -0.05) is 0 Å². The van der Waals surface area contributed by atoms with Crippen molar-refractivity contribution in [1.82, 2.24) is 0 Å². The van der Waals surface area contributed by atoms with Gasteiger partial charge < -0.3 is 0 Å². The summed E-state index contributed by atoms with van der Waals surface area (Å²) in [5.41, 5.74) is 0. The summed E-state index contributed by atoms with van der Waals surface area (Å²) < 4.78 is 0. The van der Waals surface area contributed by atoms with Gasteiger partial charge in [-0.15, -0.1) is 0 Å². The summed E-state index contributed by atoms with van der Waals surface area (Å²) in [5, 5.41) is 0. The van der Waals surface area contributed by atoms with Gasteiger partial charge in [0.25, 0.3) is 0 Å². The van der Waals surface area contributed by atoms with E-state index in [1.165, 1.54) is 0 Å². The third kappa shape index (κ3) is 3.17. The van der Waals surface area contributed by atoms with E-state index >= 15 is 0 Å². The average Bonchev–Trinajstić information content (AvgIpc) is 1.41. The van der Waals surface area contributed by atoms with Gasteiger partial charge in [-0.3, -0.25) is 0 Å². The van der Waals surface area contributed by atoms with Gasteiger partial charge >= 0.3 is 0 Å². The minimum atomic E-state index is 1.54. The van der Waals surface area contributed by atoms with E-state index in [2.05, 4.69) is 12.5 Å². The third-order valence-corrected chi connectivity index (χ3v) is 0.214. The molecule has 0 unspecified atom stereocenters. The van der Waals surface area contributed by atoms with Crippen LogP contribution in [0, 0.1) is 18.8 Å². The summed E-state index contributed by atoms with van der Waals surface area (Å²) >= 11 is 0. The first-order chi connectivity index (χ1) is 2.41. The molecule has 0 saturated heterocycles. The fourth-order valence-electron chi connectivity index (χ4n) is 0.0680. The molecular formula is C5H5+. The normalized spacial score (nSPS) is 4.60. The van der Waals surface area contributed by atoms with E-state index in [1.54, 1.807) is 12.5 Å². The molecule has 0 fully saturated rings. The Balaban J connectivity index is 2.75. The van der Waals surface area contributed by atoms with Crippen molar-refractivity contribution in [3.05, 3.63) is 19.1 Å². The summed E-state index contributed by atoms with van der Waals surface area (Å²) in [6.07, 6.45) is 7.87. The van der Waals surface area contributed by atoms with Gasteiger partial charge in [-0.2, -0.15) is 0 Å². The van der Waals surface area contributed by atoms with Crippen molar-refractivity contribution in [2.45, 2.75) is 0 Å². The summed E-state index contributed by atoms with van der Waals surface area (Å²) in [6, 6.07) is 0. The molecule has 0 aliphatic heterocycles. The smallest absolute Gasteiger partial charge is 0.0122 e. The van der Waals surface area contributed by atoms with E-state index in [1.807, 2.05) is 0 Å². The van der Waals surface area contributed by atoms with Crippen molar-refractivity contribution in [3.63, 3.8) is 0 Å². The molecule has 5 heavy (non-hydrogen) atoms. The summed E-state index contributed by atoms with van der Waals surface area (Å²) in [7, 11) is 0. The van der Waals surface area contributed by atoms with Crippen LogP contribution in [0.15, 0.2) is 12.7 Å². The van der Waals surface area contributed by atoms with Gasteiger partial charge in [-0.05, 0) is 6.58 Å². The van der Waals surface area contributed by atoms with Crippen LogP contribution in [-0.4, -0.2) is 0 Å². The Labute approximate surface area is 32.5 Å². The highest BCUT2D eigenvalue weighted by Gasteiger charge is 1.62. The lowest BCUT2D eigenvalue weighted by Gasteiger charge is -1.49. The molecule has 0 spiro atoms. The van der Waals surface area contributed by atoms with E-state index in [4.69, 9.17) is 6.42 Å². The Morgan fingerprint density at radius 3 is 2.60 bits per heavy atom. The van der Waals surface area contributed by atoms with Crippen LogP contribution in [0.5, 0.6) is 0 Å². The fraction of sp³-hybridized carbons (Fsp3) is 0. The van der Waals surface area contributed by atoms with Gasteiger partial charge in [0.2, 0.25) is 0 Å². The van der Waals surface area contributed by atoms with Crippen molar-refractivity contribution in [2.75, 3.05) is 0 Å². The summed E-state index contributed by atoms with van der Waals surface area (Å²) in [5.74, 6) is 2.27. The van der Waals surface area contributed by atoms with Crippen LogP contribution in [0.3, 0.4) is 0 Å². The van der Waals surface area contributed by atoms with Crippen molar-refractivity contribution < 1.29 is 0 Å². The predicted octanol–water partition coefficient (Wildman–Crippen LogP) is 1.01. The molecule has 0 aromatic rings. The average molecular weight is 65.1 g/mol. The molecule has 0 heteroatoms. The van der Waals surface area contributed by atoms with Gasteiger partial charge in [-0.25, -0.2) is 0 Å². The molecule has 0 atom stereocenters. The molecule has 0 saturated carbocycles. The van der Waals surface area contributed by atoms with E-state index < -0.39 is 0 Å². The molecule has 0 N–H and O–H groups in total. The molecule has 24 valence electrons. The van der Waals surface area contributed by atoms with Crippen LogP contribution in [0.25, 0.3) is 0 Å². The molecule has 0 aliphatic carbocycles. The number of hydrogen-bond donors (Lipinski definition) is 0. The standard InChI is InChI=1S/C5H5/c1-3-5-4-2/h1,4-5H,2H2/q+1. The molecule has 0 nitrogen and oxygen atoms in total. The first-order valence-electron chi connectivity index (χ1n) is 1.32. The Kier molecular flexibility index (Phi) is 2.64. The van der Waals surface area contributed by atoms with Crippen LogP contribution in [0.1, 0.15) is 0 Å². The van der Waals surface area contributed by atoms with Crippen LogP contribution in [0.2, 0.25) is 0 Å². The van der Waals surface area contributed by atoms with Crippen molar-refractivity contribution in [1.29, 1.82) is 0 Å². The van der Waals surface area contributed by atoms with Crippen LogP contribution in [-0.2, 0) is 0 Å². The number of rotatable bonds is 1. The highest BCUT2D eigenvalue weighted by molar-refractivity contribution is 5.10. The lowest BCUT2D eigenvalue weighted by Crippen LogP contribution is -1.47. The highest BCUT2D eigenvalue weighted by Crippen LogP contribution is 1.65. The molecule has 0 aromatic heterocycles. The number of hydrogen-bond acceptors (Lipinski definition) is 0. The van der Waals surface area contributed by atoms with E-state index in [0.29, 0.717) is 0 Å². The van der Waals surface area contributed by atoms with E-state index in [-0.39, 0.29) is 0 Å².